The third-order valence-corrected chi connectivity index (χ3v) is 4.88. The summed E-state index contributed by atoms with van der Waals surface area (Å²) in [5.74, 6) is 0.542. The third kappa shape index (κ3) is 1.38. The van der Waals surface area contributed by atoms with Crippen LogP contribution in [0, 0.1) is 17.4 Å². The Bertz CT molecular complexity index is 488. The molecule has 0 saturated carbocycles. The molecule has 1 aromatic carbocycles. The number of nitrogens with zero attached hydrogens (tertiary/aromatic N) is 2. The van der Waals surface area contributed by atoms with Gasteiger partial charge in [0.1, 0.15) is 0 Å². The highest BCUT2D eigenvalue weighted by molar-refractivity contribution is 5.39. The van der Waals surface area contributed by atoms with E-state index in [0.29, 0.717) is 12.0 Å². The lowest BCUT2D eigenvalue weighted by Crippen LogP contribution is -2.54. The van der Waals surface area contributed by atoms with Gasteiger partial charge in [-0.1, -0.05) is 38.1 Å². The largest absolute Gasteiger partial charge is 0.307 e. The van der Waals surface area contributed by atoms with Crippen molar-refractivity contribution in [2.24, 2.45) is 5.92 Å². The molecule has 2 bridgehead atoms. The number of nitriles is 1. The van der Waals surface area contributed by atoms with Crippen LogP contribution in [0.5, 0.6) is 0 Å². The molecule has 1 heterocycles. The molecule has 3 rings (SSSR count). The van der Waals surface area contributed by atoms with E-state index in [1.807, 2.05) is 4.90 Å². The van der Waals surface area contributed by atoms with Crippen molar-refractivity contribution >= 4 is 0 Å². The maximum Gasteiger partial charge on any atom is 0.179 e. The van der Waals surface area contributed by atoms with E-state index in [9.17, 15) is 5.26 Å². The van der Waals surface area contributed by atoms with Crippen molar-refractivity contribution in [2.75, 3.05) is 6.54 Å². The van der Waals surface area contributed by atoms with E-state index >= 15 is 0 Å². The fraction of sp³-hybridized carbons (Fsp3) is 0.533. The van der Waals surface area contributed by atoms with Crippen molar-refractivity contribution in [2.45, 2.75) is 38.1 Å². The van der Waals surface area contributed by atoms with Gasteiger partial charge < -0.3 is 4.90 Å². The predicted molar refractivity (Wildman–Crippen MR) is 67.4 cm³/mol. The van der Waals surface area contributed by atoms with Gasteiger partial charge in [0.2, 0.25) is 0 Å². The van der Waals surface area contributed by atoms with Gasteiger partial charge in [0.15, 0.2) is 6.19 Å². The van der Waals surface area contributed by atoms with Crippen molar-refractivity contribution in [3.63, 3.8) is 0 Å². The van der Waals surface area contributed by atoms with Crippen LogP contribution in [0.3, 0.4) is 0 Å². The molecule has 3 atom stereocenters. The summed E-state index contributed by atoms with van der Waals surface area (Å²) < 4.78 is 0. The van der Waals surface area contributed by atoms with Crippen LogP contribution in [0.25, 0.3) is 0 Å². The number of hydrogen-bond donors (Lipinski definition) is 0. The van der Waals surface area contributed by atoms with E-state index in [1.54, 1.807) is 0 Å². The zero-order valence-corrected chi connectivity index (χ0v) is 10.5. The number of benzene rings is 1. The second-order valence-corrected chi connectivity index (χ2v) is 5.79. The molecule has 2 heteroatoms. The van der Waals surface area contributed by atoms with Crippen molar-refractivity contribution in [3.8, 4) is 6.19 Å². The maximum atomic E-state index is 9.23. The number of likely N-dealkylation sites (tertiary alicyclic amines) is 1. The highest BCUT2D eigenvalue weighted by Crippen LogP contribution is 2.47. The summed E-state index contributed by atoms with van der Waals surface area (Å²) in [6, 6.07) is 9.19. The molecule has 1 saturated heterocycles. The Balaban J connectivity index is 2.12. The van der Waals surface area contributed by atoms with E-state index in [4.69, 9.17) is 0 Å². The minimum Gasteiger partial charge on any atom is -0.307 e. The maximum absolute atomic E-state index is 9.23. The summed E-state index contributed by atoms with van der Waals surface area (Å²) >= 11 is 0. The molecule has 1 fully saturated rings. The fourth-order valence-electron chi connectivity index (χ4n) is 3.64. The van der Waals surface area contributed by atoms with Crippen LogP contribution in [0.1, 0.15) is 31.4 Å². The van der Waals surface area contributed by atoms with Gasteiger partial charge >= 0.3 is 0 Å². The molecule has 0 N–H and O–H groups in total. The second kappa shape index (κ2) is 3.50. The van der Waals surface area contributed by atoms with Crippen molar-refractivity contribution in [1.29, 1.82) is 5.26 Å². The van der Waals surface area contributed by atoms with E-state index in [-0.39, 0.29) is 5.41 Å². The lowest BCUT2D eigenvalue weighted by molar-refractivity contribution is 0.0860. The molecule has 1 aromatic rings. The van der Waals surface area contributed by atoms with Gasteiger partial charge in [-0.05, 0) is 35.3 Å². The fourth-order valence-corrected chi connectivity index (χ4v) is 3.64. The molecule has 88 valence electrons. The summed E-state index contributed by atoms with van der Waals surface area (Å²) in [6.45, 7) is 5.56. The van der Waals surface area contributed by atoms with Gasteiger partial charge in [0, 0.05) is 12.6 Å². The molecular weight excluding hydrogens is 208 g/mol. The number of hydrogen-bond acceptors (Lipinski definition) is 2. The van der Waals surface area contributed by atoms with Crippen LogP contribution in [0.15, 0.2) is 24.3 Å². The predicted octanol–water partition coefficient (Wildman–Crippen LogP) is 2.69. The van der Waals surface area contributed by atoms with Gasteiger partial charge in [-0.2, -0.15) is 5.26 Å². The zero-order valence-electron chi connectivity index (χ0n) is 10.5. The summed E-state index contributed by atoms with van der Waals surface area (Å²) in [5.41, 5.74) is 3.21. The van der Waals surface area contributed by atoms with Crippen LogP contribution < -0.4 is 0 Å². The van der Waals surface area contributed by atoms with Gasteiger partial charge in [0.05, 0.1) is 0 Å². The highest BCUT2D eigenvalue weighted by Gasteiger charge is 2.46. The van der Waals surface area contributed by atoms with E-state index < -0.39 is 0 Å². The van der Waals surface area contributed by atoms with Crippen LogP contribution in [-0.2, 0) is 11.8 Å². The molecule has 0 unspecified atom stereocenters. The standard InChI is InChI=1S/C15H18N2/c1-11-9-17(10-16)13-7-12-5-3-4-6-14(12)15(11,2)8-13/h3-6,11,13H,7-9H2,1-2H3/t11-,13+,15+/m1/s1. The van der Waals surface area contributed by atoms with E-state index in [2.05, 4.69) is 44.3 Å². The van der Waals surface area contributed by atoms with Crippen LogP contribution in [-0.4, -0.2) is 17.5 Å². The van der Waals surface area contributed by atoms with Crippen LogP contribution >= 0.6 is 0 Å². The Morgan fingerprint density at radius 2 is 2.18 bits per heavy atom. The Hall–Kier alpha value is -1.49. The molecule has 2 aliphatic rings. The first kappa shape index (κ1) is 10.7. The minimum absolute atomic E-state index is 0.257. The Labute approximate surface area is 103 Å². The first-order valence-corrected chi connectivity index (χ1v) is 6.40. The summed E-state index contributed by atoms with van der Waals surface area (Å²) in [5, 5.41) is 9.23. The molecule has 2 nitrogen and oxygen atoms in total. The Kier molecular flexibility index (Phi) is 2.19. The van der Waals surface area contributed by atoms with Gasteiger partial charge in [-0.3, -0.25) is 0 Å². The average Bonchev–Trinajstić information content (AvgIpc) is 2.34. The van der Waals surface area contributed by atoms with Crippen LogP contribution in [0.2, 0.25) is 0 Å². The summed E-state index contributed by atoms with van der Waals surface area (Å²) in [6.07, 6.45) is 4.53. The SMILES string of the molecule is C[C@@H]1CN(C#N)[C@H]2Cc3ccccc3[C@@]1(C)C2. The molecule has 1 aliphatic heterocycles. The lowest BCUT2D eigenvalue weighted by atomic mass is 9.60. The third-order valence-electron chi connectivity index (χ3n) is 4.88. The monoisotopic (exact) mass is 226 g/mol. The number of rotatable bonds is 0. The topological polar surface area (TPSA) is 27.0 Å². The van der Waals surface area contributed by atoms with Crippen molar-refractivity contribution < 1.29 is 0 Å². The highest BCUT2D eigenvalue weighted by atomic mass is 15.2. The molecule has 0 spiro atoms. The Morgan fingerprint density at radius 3 is 2.94 bits per heavy atom. The molecule has 0 aromatic heterocycles. The molecular formula is C15H18N2. The first-order chi connectivity index (χ1) is 8.15. The number of fused-ring (bicyclic) bond motifs is 4. The normalized spacial score (nSPS) is 35.0. The molecule has 0 amide bonds. The van der Waals surface area contributed by atoms with Gasteiger partial charge in [0.25, 0.3) is 0 Å². The minimum atomic E-state index is 0.257. The van der Waals surface area contributed by atoms with Crippen LogP contribution in [0.4, 0.5) is 0 Å². The lowest BCUT2D eigenvalue weighted by Gasteiger charge is -2.51. The second-order valence-electron chi connectivity index (χ2n) is 5.79. The van der Waals surface area contributed by atoms with Gasteiger partial charge in [-0.15, -0.1) is 0 Å². The summed E-state index contributed by atoms with van der Waals surface area (Å²) in [7, 11) is 0. The summed E-state index contributed by atoms with van der Waals surface area (Å²) in [4.78, 5) is 1.99. The smallest absolute Gasteiger partial charge is 0.179 e. The van der Waals surface area contributed by atoms with Crippen molar-refractivity contribution in [3.05, 3.63) is 35.4 Å². The quantitative estimate of drug-likeness (QED) is 0.636. The zero-order chi connectivity index (χ0) is 12.0. The Morgan fingerprint density at radius 1 is 1.41 bits per heavy atom. The first-order valence-electron chi connectivity index (χ1n) is 6.40. The van der Waals surface area contributed by atoms with E-state index in [1.165, 1.54) is 11.1 Å². The van der Waals surface area contributed by atoms with Gasteiger partial charge in [-0.25, -0.2) is 0 Å². The average molecular weight is 226 g/mol. The molecule has 1 aliphatic carbocycles. The van der Waals surface area contributed by atoms with Crippen molar-refractivity contribution in [1.82, 2.24) is 4.90 Å². The van der Waals surface area contributed by atoms with E-state index in [0.717, 1.165) is 19.4 Å². The molecule has 17 heavy (non-hydrogen) atoms. The molecule has 0 radical (unpaired) electrons. The number of piperidine rings is 1.